The Bertz CT molecular complexity index is 174. The standard InChI is InChI=1S/C8H14NO2/c1-8(2,3)11-7(10)5-6-9-4/h4H,5-6H2,1-3H3/q+1. The predicted octanol–water partition coefficient (Wildman–Crippen LogP) is 1.68. The van der Waals surface area contributed by atoms with Crippen molar-refractivity contribution in [3.05, 3.63) is 4.85 Å². The van der Waals surface area contributed by atoms with Crippen LogP contribution < -0.4 is 0 Å². The van der Waals surface area contributed by atoms with Gasteiger partial charge < -0.3 is 4.74 Å². The van der Waals surface area contributed by atoms with Crippen molar-refractivity contribution in [3.63, 3.8) is 0 Å². The first-order valence-electron chi connectivity index (χ1n) is 3.54. The highest BCUT2D eigenvalue weighted by molar-refractivity contribution is 5.70. The molecular formula is C8H14NO2+. The van der Waals surface area contributed by atoms with Gasteiger partial charge in [-0.1, -0.05) is 4.85 Å². The SMILES string of the molecule is C#[N+]CCC(=O)OC(C)(C)C. The average Bonchev–Trinajstić information content (AvgIpc) is 1.79. The first kappa shape index (κ1) is 9.96. The summed E-state index contributed by atoms with van der Waals surface area (Å²) in [4.78, 5) is 14.2. The molecule has 62 valence electrons. The Hall–Kier alpha value is -1.04. The van der Waals surface area contributed by atoms with Gasteiger partial charge in [0.2, 0.25) is 0 Å². The topological polar surface area (TPSA) is 30.7 Å². The molecule has 0 heterocycles. The summed E-state index contributed by atoms with van der Waals surface area (Å²) in [5.41, 5.74) is -0.411. The Kier molecular flexibility index (Phi) is 3.59. The molecule has 0 aromatic carbocycles. The maximum absolute atomic E-state index is 10.9. The highest BCUT2D eigenvalue weighted by Crippen LogP contribution is 2.07. The van der Waals surface area contributed by atoms with E-state index in [0.29, 0.717) is 6.54 Å². The summed E-state index contributed by atoms with van der Waals surface area (Å²) in [6, 6.07) is 0. The molecule has 0 radical (unpaired) electrons. The van der Waals surface area contributed by atoms with Gasteiger partial charge in [0.05, 0.1) is 0 Å². The van der Waals surface area contributed by atoms with Crippen LogP contribution in [-0.4, -0.2) is 18.1 Å². The molecule has 11 heavy (non-hydrogen) atoms. The monoisotopic (exact) mass is 156 g/mol. The lowest BCUT2D eigenvalue weighted by Gasteiger charge is -2.18. The van der Waals surface area contributed by atoms with E-state index in [2.05, 4.69) is 4.85 Å². The van der Waals surface area contributed by atoms with E-state index in [-0.39, 0.29) is 12.4 Å². The number of hydrogen-bond donors (Lipinski definition) is 0. The van der Waals surface area contributed by atoms with Gasteiger partial charge in [-0.2, -0.15) is 0 Å². The number of ether oxygens (including phenoxy) is 1. The van der Waals surface area contributed by atoms with Crippen LogP contribution in [0.2, 0.25) is 0 Å². The van der Waals surface area contributed by atoms with E-state index in [1.807, 2.05) is 20.8 Å². The van der Waals surface area contributed by atoms with Crippen LogP contribution in [0.1, 0.15) is 27.2 Å². The van der Waals surface area contributed by atoms with Crippen molar-refractivity contribution >= 4 is 5.97 Å². The Morgan fingerprint density at radius 3 is 2.45 bits per heavy atom. The quantitative estimate of drug-likeness (QED) is 0.569. The number of carbonyl (C=O) groups excluding carboxylic acids is 1. The molecular weight excluding hydrogens is 142 g/mol. The molecule has 0 rings (SSSR count). The second-order valence-electron chi connectivity index (χ2n) is 3.24. The van der Waals surface area contributed by atoms with Gasteiger partial charge in [0, 0.05) is 0 Å². The minimum atomic E-state index is -0.411. The molecule has 0 unspecified atom stereocenters. The van der Waals surface area contributed by atoms with E-state index in [1.165, 1.54) is 0 Å². The number of hydrogen-bond acceptors (Lipinski definition) is 2. The van der Waals surface area contributed by atoms with Crippen molar-refractivity contribution < 1.29 is 9.53 Å². The molecule has 3 heteroatoms. The van der Waals surface area contributed by atoms with Crippen LogP contribution in [0.15, 0.2) is 0 Å². The molecule has 0 bridgehead atoms. The fraction of sp³-hybridized carbons (Fsp3) is 0.750. The Balaban J connectivity index is 3.64. The third-order valence-electron chi connectivity index (χ3n) is 0.865. The normalized spacial score (nSPS) is 10.4. The van der Waals surface area contributed by atoms with Gasteiger partial charge in [-0.25, -0.2) is 0 Å². The van der Waals surface area contributed by atoms with Crippen molar-refractivity contribution in [3.8, 4) is 6.57 Å². The average molecular weight is 156 g/mol. The summed E-state index contributed by atoms with van der Waals surface area (Å²) in [5, 5.41) is 0. The molecule has 0 saturated heterocycles. The summed E-state index contributed by atoms with van der Waals surface area (Å²) < 4.78 is 4.99. The van der Waals surface area contributed by atoms with Gasteiger partial charge in [-0.05, 0) is 20.8 Å². The fourth-order valence-corrected chi connectivity index (χ4v) is 0.548. The highest BCUT2D eigenvalue weighted by atomic mass is 16.6. The van der Waals surface area contributed by atoms with Crippen LogP contribution >= 0.6 is 0 Å². The third-order valence-corrected chi connectivity index (χ3v) is 0.865. The summed E-state index contributed by atoms with van der Waals surface area (Å²) in [6.07, 6.45) is 0.258. The molecule has 0 aliphatic rings. The third kappa shape index (κ3) is 6.85. The smallest absolute Gasteiger partial charge is 0.314 e. The maximum Gasteiger partial charge on any atom is 0.314 e. The van der Waals surface area contributed by atoms with Gasteiger partial charge in [0.25, 0.3) is 13.1 Å². The van der Waals surface area contributed by atoms with E-state index in [1.54, 1.807) is 0 Å². The van der Waals surface area contributed by atoms with Gasteiger partial charge in [0.1, 0.15) is 12.0 Å². The van der Waals surface area contributed by atoms with Gasteiger partial charge in [-0.3, -0.25) is 4.79 Å². The fourth-order valence-electron chi connectivity index (χ4n) is 0.548. The number of nitrogens with zero attached hydrogens (tertiary/aromatic N) is 1. The van der Waals surface area contributed by atoms with E-state index in [0.717, 1.165) is 0 Å². The van der Waals surface area contributed by atoms with Crippen molar-refractivity contribution in [2.75, 3.05) is 6.54 Å². The van der Waals surface area contributed by atoms with Gasteiger partial charge in [0.15, 0.2) is 0 Å². The molecule has 0 saturated carbocycles. The molecule has 0 fully saturated rings. The summed E-state index contributed by atoms with van der Waals surface area (Å²) in [6.45, 7) is 10.7. The summed E-state index contributed by atoms with van der Waals surface area (Å²) in [7, 11) is 0. The molecule has 0 aliphatic heterocycles. The number of rotatable bonds is 2. The molecule has 0 atom stereocenters. The van der Waals surface area contributed by atoms with Crippen molar-refractivity contribution in [2.45, 2.75) is 32.8 Å². The van der Waals surface area contributed by atoms with Crippen LogP contribution in [0.4, 0.5) is 0 Å². The van der Waals surface area contributed by atoms with Crippen LogP contribution in [0.25, 0.3) is 4.85 Å². The van der Waals surface area contributed by atoms with Crippen LogP contribution in [0.3, 0.4) is 0 Å². The lowest BCUT2D eigenvalue weighted by Crippen LogP contribution is -2.23. The molecule has 0 aromatic heterocycles. The predicted molar refractivity (Wildman–Crippen MR) is 43.6 cm³/mol. The molecule has 0 N–H and O–H groups in total. The second-order valence-corrected chi connectivity index (χ2v) is 3.24. The first-order valence-corrected chi connectivity index (χ1v) is 3.54. The van der Waals surface area contributed by atoms with Gasteiger partial charge >= 0.3 is 5.97 Å². The highest BCUT2D eigenvalue weighted by Gasteiger charge is 2.16. The minimum absolute atomic E-state index is 0.258. The summed E-state index contributed by atoms with van der Waals surface area (Å²) >= 11 is 0. The zero-order valence-corrected chi connectivity index (χ0v) is 7.26. The lowest BCUT2D eigenvalue weighted by molar-refractivity contribution is -0.154. The number of esters is 1. The molecule has 0 spiro atoms. The zero-order valence-electron chi connectivity index (χ0n) is 7.26. The van der Waals surface area contributed by atoms with E-state index in [9.17, 15) is 4.79 Å². The van der Waals surface area contributed by atoms with Gasteiger partial charge in [-0.15, -0.1) is 0 Å². The zero-order chi connectivity index (χ0) is 8.91. The molecule has 0 amide bonds. The summed E-state index contributed by atoms with van der Waals surface area (Å²) in [5.74, 6) is -0.258. The van der Waals surface area contributed by atoms with E-state index >= 15 is 0 Å². The second kappa shape index (κ2) is 3.97. The van der Waals surface area contributed by atoms with Crippen molar-refractivity contribution in [1.29, 1.82) is 0 Å². The minimum Gasteiger partial charge on any atom is -0.460 e. The van der Waals surface area contributed by atoms with Crippen LogP contribution in [0.5, 0.6) is 0 Å². The Labute approximate surface area is 67.2 Å². The Morgan fingerprint density at radius 1 is 1.55 bits per heavy atom. The lowest BCUT2D eigenvalue weighted by atomic mass is 10.2. The molecule has 0 aliphatic carbocycles. The van der Waals surface area contributed by atoms with Crippen LogP contribution in [0, 0.1) is 6.57 Å². The van der Waals surface area contributed by atoms with Crippen LogP contribution in [-0.2, 0) is 9.53 Å². The molecule has 0 aromatic rings. The Morgan fingerprint density at radius 2 is 2.09 bits per heavy atom. The van der Waals surface area contributed by atoms with E-state index < -0.39 is 5.60 Å². The number of carbonyl (C=O) groups is 1. The first-order chi connectivity index (χ1) is 4.95. The largest absolute Gasteiger partial charge is 0.460 e. The molecule has 3 nitrogen and oxygen atoms in total. The van der Waals surface area contributed by atoms with Crippen molar-refractivity contribution in [2.24, 2.45) is 0 Å². The van der Waals surface area contributed by atoms with Crippen molar-refractivity contribution in [1.82, 2.24) is 0 Å². The maximum atomic E-state index is 10.9. The van der Waals surface area contributed by atoms with E-state index in [4.69, 9.17) is 11.3 Å².